The molecule has 5 N–H and O–H groups in total. The van der Waals surface area contributed by atoms with Crippen molar-refractivity contribution in [2.75, 3.05) is 6.54 Å². The van der Waals surface area contributed by atoms with E-state index in [1.165, 1.54) is 11.8 Å². The van der Waals surface area contributed by atoms with Crippen LogP contribution in [0.3, 0.4) is 0 Å². The zero-order valence-corrected chi connectivity index (χ0v) is 20.5. The lowest BCUT2D eigenvalue weighted by molar-refractivity contribution is -0.143. The van der Waals surface area contributed by atoms with Crippen molar-refractivity contribution in [3.63, 3.8) is 0 Å². The van der Waals surface area contributed by atoms with Crippen LogP contribution < -0.4 is 21.4 Å². The number of fused-ring (bicyclic) bond motifs is 1. The Morgan fingerprint density at radius 2 is 1.69 bits per heavy atom. The molecule has 0 bridgehead atoms. The summed E-state index contributed by atoms with van der Waals surface area (Å²) in [4.78, 5) is 65.3. The van der Waals surface area contributed by atoms with Crippen molar-refractivity contribution < 1.29 is 29.2 Å². The Morgan fingerprint density at radius 1 is 0.972 bits per heavy atom. The molecule has 2 fully saturated rings. The Labute approximate surface area is 210 Å². The molecule has 5 amide bonds. The number of rotatable bonds is 8. The number of hydroxylamine groups is 1. The minimum atomic E-state index is -0.912. The van der Waals surface area contributed by atoms with Crippen LogP contribution in [-0.4, -0.2) is 70.4 Å². The topological polar surface area (TPSA) is 157 Å². The van der Waals surface area contributed by atoms with Gasteiger partial charge in [0.05, 0.1) is 0 Å². The van der Waals surface area contributed by atoms with Crippen LogP contribution in [0.4, 0.5) is 0 Å². The summed E-state index contributed by atoms with van der Waals surface area (Å²) >= 11 is 0. The van der Waals surface area contributed by atoms with Gasteiger partial charge < -0.3 is 20.9 Å². The summed E-state index contributed by atoms with van der Waals surface area (Å²) in [5.41, 5.74) is 2.45. The molecule has 0 saturated carbocycles. The average Bonchev–Trinajstić information content (AvgIpc) is 3.36. The second kappa shape index (κ2) is 13.0. The van der Waals surface area contributed by atoms with Crippen molar-refractivity contribution in [3.8, 4) is 0 Å². The van der Waals surface area contributed by atoms with Crippen LogP contribution in [-0.2, 0) is 30.4 Å². The van der Waals surface area contributed by atoms with Gasteiger partial charge in [-0.25, -0.2) is 5.48 Å². The van der Waals surface area contributed by atoms with E-state index in [0.29, 0.717) is 45.1 Å². The number of nitrogens with zero attached hydrogens (tertiary/aromatic N) is 1. The van der Waals surface area contributed by atoms with Crippen molar-refractivity contribution in [3.05, 3.63) is 35.9 Å². The monoisotopic (exact) mass is 501 g/mol. The minimum Gasteiger partial charge on any atom is -0.343 e. The number of unbranched alkanes of at least 4 members (excludes halogenated alkanes) is 2. The number of hydrogen-bond donors (Lipinski definition) is 5. The van der Waals surface area contributed by atoms with E-state index in [1.807, 2.05) is 30.3 Å². The molecule has 4 atom stereocenters. The zero-order valence-electron chi connectivity index (χ0n) is 20.5. The lowest BCUT2D eigenvalue weighted by Crippen LogP contribution is -2.61. The predicted molar refractivity (Wildman–Crippen MR) is 129 cm³/mol. The van der Waals surface area contributed by atoms with Crippen LogP contribution in [0.15, 0.2) is 30.3 Å². The Morgan fingerprint density at radius 3 is 2.42 bits per heavy atom. The third kappa shape index (κ3) is 7.27. The van der Waals surface area contributed by atoms with Crippen LogP contribution >= 0.6 is 0 Å². The van der Waals surface area contributed by atoms with Gasteiger partial charge in [0, 0.05) is 19.4 Å². The molecule has 11 heteroatoms. The molecule has 1 aromatic carbocycles. The second-order valence-electron chi connectivity index (χ2n) is 9.37. The summed E-state index contributed by atoms with van der Waals surface area (Å²) in [5, 5.41) is 16.8. The smallest absolute Gasteiger partial charge is 0.246 e. The maximum Gasteiger partial charge on any atom is 0.246 e. The molecule has 2 heterocycles. The molecule has 0 spiro atoms. The zero-order chi connectivity index (χ0) is 26.1. The van der Waals surface area contributed by atoms with Gasteiger partial charge in [0.1, 0.15) is 24.2 Å². The van der Waals surface area contributed by atoms with E-state index in [9.17, 15) is 24.0 Å². The molecule has 2 saturated heterocycles. The first-order valence-corrected chi connectivity index (χ1v) is 12.5. The van der Waals surface area contributed by atoms with Crippen molar-refractivity contribution in [1.82, 2.24) is 26.3 Å². The average molecular weight is 502 g/mol. The largest absolute Gasteiger partial charge is 0.343 e. The van der Waals surface area contributed by atoms with Gasteiger partial charge in [-0.1, -0.05) is 43.2 Å². The summed E-state index contributed by atoms with van der Waals surface area (Å²) in [6, 6.07) is 5.95. The molecule has 0 aromatic heterocycles. The maximum absolute atomic E-state index is 13.5. The van der Waals surface area contributed by atoms with Crippen molar-refractivity contribution >= 4 is 29.5 Å². The van der Waals surface area contributed by atoms with E-state index in [1.54, 1.807) is 5.48 Å². The molecule has 2 aliphatic rings. The first kappa shape index (κ1) is 27.1. The molecule has 3 rings (SSSR count). The van der Waals surface area contributed by atoms with E-state index in [2.05, 4.69) is 16.0 Å². The highest BCUT2D eigenvalue weighted by atomic mass is 16.5. The normalized spacial score (nSPS) is 25.1. The third-order valence-electron chi connectivity index (χ3n) is 6.64. The number of carbonyl (C=O) groups is 5. The first-order valence-electron chi connectivity index (χ1n) is 12.5. The van der Waals surface area contributed by atoms with Crippen LogP contribution in [0.2, 0.25) is 0 Å². The van der Waals surface area contributed by atoms with E-state index < -0.39 is 47.8 Å². The van der Waals surface area contributed by atoms with Gasteiger partial charge in [0.25, 0.3) is 0 Å². The number of benzene rings is 1. The molecule has 0 unspecified atom stereocenters. The van der Waals surface area contributed by atoms with E-state index in [0.717, 1.165) is 5.56 Å². The molecule has 0 aliphatic carbocycles. The van der Waals surface area contributed by atoms with Crippen LogP contribution in [0.1, 0.15) is 57.4 Å². The van der Waals surface area contributed by atoms with E-state index >= 15 is 0 Å². The molecular weight excluding hydrogens is 466 g/mol. The van der Waals surface area contributed by atoms with Gasteiger partial charge in [-0.05, 0) is 38.2 Å². The lowest BCUT2D eigenvalue weighted by Gasteiger charge is -2.32. The maximum atomic E-state index is 13.5. The third-order valence-corrected chi connectivity index (χ3v) is 6.64. The Hall–Kier alpha value is -3.47. The van der Waals surface area contributed by atoms with Gasteiger partial charge in [-0.15, -0.1) is 0 Å². The van der Waals surface area contributed by atoms with Gasteiger partial charge in [0.2, 0.25) is 29.5 Å². The summed E-state index contributed by atoms with van der Waals surface area (Å²) in [5.74, 6) is -2.14. The molecule has 2 aliphatic heterocycles. The fourth-order valence-corrected chi connectivity index (χ4v) is 4.63. The predicted octanol–water partition coefficient (Wildman–Crippen LogP) is 0.164. The highest BCUT2D eigenvalue weighted by Gasteiger charge is 2.40. The second-order valence-corrected chi connectivity index (χ2v) is 9.37. The minimum absolute atomic E-state index is 0.153. The lowest BCUT2D eigenvalue weighted by atomic mass is 10.0. The van der Waals surface area contributed by atoms with Gasteiger partial charge in [-0.3, -0.25) is 29.2 Å². The highest BCUT2D eigenvalue weighted by Crippen LogP contribution is 2.21. The first-order chi connectivity index (χ1) is 17.3. The molecule has 196 valence electrons. The van der Waals surface area contributed by atoms with Gasteiger partial charge in [-0.2, -0.15) is 0 Å². The number of amides is 5. The quantitative estimate of drug-likeness (QED) is 0.194. The van der Waals surface area contributed by atoms with Crippen molar-refractivity contribution in [2.24, 2.45) is 0 Å². The van der Waals surface area contributed by atoms with Crippen LogP contribution in [0.25, 0.3) is 0 Å². The molecule has 1 aromatic rings. The Bertz CT molecular complexity index is 956. The Balaban J connectivity index is 1.75. The summed E-state index contributed by atoms with van der Waals surface area (Å²) in [6.45, 7) is 1.94. The summed E-state index contributed by atoms with van der Waals surface area (Å²) in [7, 11) is 0. The van der Waals surface area contributed by atoms with Gasteiger partial charge in [0.15, 0.2) is 0 Å². The summed E-state index contributed by atoms with van der Waals surface area (Å²) in [6.07, 6.45) is 3.53. The number of nitrogens with one attached hydrogen (secondary N) is 4. The van der Waals surface area contributed by atoms with Gasteiger partial charge >= 0.3 is 0 Å². The van der Waals surface area contributed by atoms with Crippen LogP contribution in [0, 0.1) is 0 Å². The number of carbonyl (C=O) groups excluding carboxylic acids is 5. The molecular formula is C25H35N5O6. The van der Waals surface area contributed by atoms with E-state index in [4.69, 9.17) is 5.21 Å². The van der Waals surface area contributed by atoms with Crippen LogP contribution in [0.5, 0.6) is 0 Å². The summed E-state index contributed by atoms with van der Waals surface area (Å²) < 4.78 is 0. The molecule has 0 radical (unpaired) electrons. The van der Waals surface area contributed by atoms with Crippen molar-refractivity contribution in [2.45, 2.75) is 82.5 Å². The number of hydrogen-bond acceptors (Lipinski definition) is 6. The SMILES string of the molecule is C[C@@H]1NC(=O)[C@@H](CCCCCC(=O)NO)NC(=O)[C@H]2CCCN2C(=O)[C@H](Cc2ccccc2)NC1=O. The standard InChI is InChI=1S/C25H35N5O6/c1-16-22(32)28-19(15-17-9-4-2-5-10-17)25(35)30-14-8-12-20(30)24(34)27-18(23(33)26-16)11-6-3-7-13-21(31)29-36/h2,4-5,9-10,16,18-20,36H,3,6-8,11-15H2,1H3,(H,26,33)(H,27,34)(H,28,32)(H,29,31)/t16-,18+,19-,20+/m0/s1. The molecule has 36 heavy (non-hydrogen) atoms. The fraction of sp³-hybridized carbons (Fsp3) is 0.560. The highest BCUT2D eigenvalue weighted by molar-refractivity contribution is 5.97. The molecule has 11 nitrogen and oxygen atoms in total. The van der Waals surface area contributed by atoms with Crippen molar-refractivity contribution in [1.29, 1.82) is 0 Å². The fourth-order valence-electron chi connectivity index (χ4n) is 4.63. The van der Waals surface area contributed by atoms with E-state index in [-0.39, 0.29) is 18.7 Å². The Kier molecular flexibility index (Phi) is 9.80.